The maximum Gasteiger partial charge on any atom is 0.123 e. The molecule has 0 heterocycles. The van der Waals surface area contributed by atoms with Gasteiger partial charge in [0.1, 0.15) is 5.82 Å². The molecule has 0 radical (unpaired) electrons. The average Bonchev–Trinajstić information content (AvgIpc) is 2.62. The molecular weight excluding hydrogens is 201 g/mol. The molecule has 1 aromatic rings. The van der Waals surface area contributed by atoms with Crippen LogP contribution in [0, 0.1) is 5.82 Å². The molecule has 1 aliphatic rings. The Kier molecular flexibility index (Phi) is 3.29. The number of hydrogen-bond donors (Lipinski definition) is 1. The van der Waals surface area contributed by atoms with Gasteiger partial charge in [-0.15, -0.1) is 0 Å². The summed E-state index contributed by atoms with van der Waals surface area (Å²) in [6.07, 6.45) is 3.46. The molecule has 0 spiro atoms. The van der Waals surface area contributed by atoms with Crippen molar-refractivity contribution in [3.63, 3.8) is 0 Å². The van der Waals surface area contributed by atoms with Crippen LogP contribution in [0.3, 0.4) is 0 Å². The highest BCUT2D eigenvalue weighted by Crippen LogP contribution is 2.40. The van der Waals surface area contributed by atoms with Gasteiger partial charge in [-0.05, 0) is 48.9 Å². The molecule has 1 fully saturated rings. The molecule has 16 heavy (non-hydrogen) atoms. The van der Waals surface area contributed by atoms with Crippen LogP contribution < -0.4 is 5.32 Å². The molecule has 0 aliphatic heterocycles. The van der Waals surface area contributed by atoms with Gasteiger partial charge >= 0.3 is 0 Å². The zero-order chi connectivity index (χ0) is 11.6. The number of hydrogen-bond acceptors (Lipinski definition) is 1. The Labute approximate surface area is 97.1 Å². The van der Waals surface area contributed by atoms with Crippen molar-refractivity contribution in [2.45, 2.75) is 44.6 Å². The van der Waals surface area contributed by atoms with Crippen molar-refractivity contribution in [3.05, 3.63) is 35.6 Å². The third-order valence-electron chi connectivity index (χ3n) is 3.76. The first-order valence-corrected chi connectivity index (χ1v) is 6.13. The Hall–Kier alpha value is -0.890. The molecule has 2 atom stereocenters. The normalized spacial score (nSPS) is 29.6. The van der Waals surface area contributed by atoms with Gasteiger partial charge in [0, 0.05) is 6.04 Å². The first-order chi connectivity index (χ1) is 7.64. The van der Waals surface area contributed by atoms with Crippen molar-refractivity contribution < 1.29 is 4.39 Å². The maximum atomic E-state index is 13.2. The lowest BCUT2D eigenvalue weighted by molar-refractivity contribution is 0.455. The summed E-state index contributed by atoms with van der Waals surface area (Å²) in [5, 5.41) is 3.49. The van der Waals surface area contributed by atoms with Gasteiger partial charge in [-0.3, -0.25) is 0 Å². The van der Waals surface area contributed by atoms with Crippen molar-refractivity contribution in [1.82, 2.24) is 5.32 Å². The van der Waals surface area contributed by atoms with Gasteiger partial charge in [0.05, 0.1) is 0 Å². The second kappa shape index (κ2) is 4.54. The Morgan fingerprint density at radius 3 is 3.00 bits per heavy atom. The van der Waals surface area contributed by atoms with Gasteiger partial charge in [-0.1, -0.05) is 26.0 Å². The van der Waals surface area contributed by atoms with Crippen LogP contribution in [0.2, 0.25) is 0 Å². The first-order valence-electron chi connectivity index (χ1n) is 6.13. The minimum atomic E-state index is -0.120. The molecule has 0 aromatic heterocycles. The van der Waals surface area contributed by atoms with Crippen LogP contribution in [0.15, 0.2) is 24.3 Å². The third-order valence-corrected chi connectivity index (χ3v) is 3.76. The van der Waals surface area contributed by atoms with Crippen LogP contribution in [-0.2, 0) is 5.41 Å². The topological polar surface area (TPSA) is 12.0 Å². The summed E-state index contributed by atoms with van der Waals surface area (Å²) in [4.78, 5) is 0. The molecule has 88 valence electrons. The third kappa shape index (κ3) is 2.27. The summed E-state index contributed by atoms with van der Waals surface area (Å²) in [7, 11) is 0. The van der Waals surface area contributed by atoms with E-state index in [0.717, 1.165) is 24.9 Å². The van der Waals surface area contributed by atoms with Gasteiger partial charge in [0.2, 0.25) is 0 Å². The van der Waals surface area contributed by atoms with Crippen molar-refractivity contribution in [1.29, 1.82) is 0 Å². The summed E-state index contributed by atoms with van der Waals surface area (Å²) < 4.78 is 13.2. The van der Waals surface area contributed by atoms with Gasteiger partial charge in [-0.2, -0.15) is 0 Å². The van der Waals surface area contributed by atoms with Crippen LogP contribution in [0.25, 0.3) is 0 Å². The summed E-state index contributed by atoms with van der Waals surface area (Å²) in [5.74, 6) is -0.120. The van der Waals surface area contributed by atoms with Crippen molar-refractivity contribution in [3.8, 4) is 0 Å². The molecule has 2 heteroatoms. The number of benzene rings is 1. The lowest BCUT2D eigenvalue weighted by Gasteiger charge is -2.25. The van der Waals surface area contributed by atoms with Gasteiger partial charge < -0.3 is 5.32 Å². The molecule has 1 N–H and O–H groups in total. The van der Waals surface area contributed by atoms with Gasteiger partial charge in [0.15, 0.2) is 0 Å². The van der Waals surface area contributed by atoms with Crippen LogP contribution >= 0.6 is 0 Å². The quantitative estimate of drug-likeness (QED) is 0.826. The van der Waals surface area contributed by atoms with Gasteiger partial charge in [0.25, 0.3) is 0 Å². The molecule has 2 rings (SSSR count). The highest BCUT2D eigenvalue weighted by Gasteiger charge is 2.36. The fourth-order valence-corrected chi connectivity index (χ4v) is 2.83. The molecule has 0 amide bonds. The minimum Gasteiger partial charge on any atom is -0.314 e. The van der Waals surface area contributed by atoms with Crippen LogP contribution in [0.4, 0.5) is 4.39 Å². The number of rotatable bonds is 3. The zero-order valence-electron chi connectivity index (χ0n) is 10.1. The molecule has 1 aliphatic carbocycles. The van der Waals surface area contributed by atoms with Crippen LogP contribution in [-0.4, -0.2) is 12.6 Å². The Morgan fingerprint density at radius 2 is 2.31 bits per heavy atom. The predicted molar refractivity (Wildman–Crippen MR) is 65.1 cm³/mol. The Morgan fingerprint density at radius 1 is 1.50 bits per heavy atom. The minimum absolute atomic E-state index is 0.120. The highest BCUT2D eigenvalue weighted by atomic mass is 19.1. The lowest BCUT2D eigenvalue weighted by Crippen LogP contribution is -2.28. The Bertz CT molecular complexity index is 364. The van der Waals surface area contributed by atoms with Crippen molar-refractivity contribution >= 4 is 0 Å². The Balaban J connectivity index is 2.15. The van der Waals surface area contributed by atoms with E-state index in [9.17, 15) is 4.39 Å². The van der Waals surface area contributed by atoms with E-state index in [-0.39, 0.29) is 11.2 Å². The van der Waals surface area contributed by atoms with Crippen molar-refractivity contribution in [2.75, 3.05) is 6.54 Å². The van der Waals surface area contributed by atoms with E-state index < -0.39 is 0 Å². The molecule has 0 bridgehead atoms. The van der Waals surface area contributed by atoms with E-state index in [1.807, 2.05) is 6.07 Å². The molecule has 1 saturated carbocycles. The van der Waals surface area contributed by atoms with E-state index in [1.165, 1.54) is 12.5 Å². The molecule has 2 unspecified atom stereocenters. The summed E-state index contributed by atoms with van der Waals surface area (Å²) in [6.45, 7) is 5.40. The molecule has 1 aromatic carbocycles. The largest absolute Gasteiger partial charge is 0.314 e. The SMILES string of the molecule is CCNC1CCC(C)(c2cccc(F)c2)C1. The van der Waals surface area contributed by atoms with E-state index in [4.69, 9.17) is 0 Å². The zero-order valence-corrected chi connectivity index (χ0v) is 10.1. The van der Waals surface area contributed by atoms with Crippen molar-refractivity contribution in [2.24, 2.45) is 0 Å². The number of halogens is 1. The van der Waals surface area contributed by atoms with Gasteiger partial charge in [-0.25, -0.2) is 4.39 Å². The maximum absolute atomic E-state index is 13.2. The lowest BCUT2D eigenvalue weighted by atomic mass is 9.81. The van der Waals surface area contributed by atoms with E-state index in [1.54, 1.807) is 6.07 Å². The first kappa shape index (κ1) is 11.6. The summed E-state index contributed by atoms with van der Waals surface area (Å²) >= 11 is 0. The highest BCUT2D eigenvalue weighted by molar-refractivity contribution is 5.27. The second-order valence-electron chi connectivity index (χ2n) is 5.07. The smallest absolute Gasteiger partial charge is 0.123 e. The van der Waals surface area contributed by atoms with Crippen LogP contribution in [0.1, 0.15) is 38.7 Å². The van der Waals surface area contributed by atoms with E-state index >= 15 is 0 Å². The summed E-state index contributed by atoms with van der Waals surface area (Å²) in [6, 6.07) is 7.67. The van der Waals surface area contributed by atoms with Crippen LogP contribution in [0.5, 0.6) is 0 Å². The summed E-state index contributed by atoms with van der Waals surface area (Å²) in [5.41, 5.74) is 1.29. The predicted octanol–water partition coefficient (Wildman–Crippen LogP) is 3.25. The average molecular weight is 221 g/mol. The molecular formula is C14H20FN. The molecule has 1 nitrogen and oxygen atoms in total. The van der Waals surface area contributed by atoms with E-state index in [0.29, 0.717) is 6.04 Å². The fraction of sp³-hybridized carbons (Fsp3) is 0.571. The monoisotopic (exact) mass is 221 g/mol. The second-order valence-corrected chi connectivity index (χ2v) is 5.07. The fourth-order valence-electron chi connectivity index (χ4n) is 2.83. The molecule has 0 saturated heterocycles. The van der Waals surface area contributed by atoms with E-state index in [2.05, 4.69) is 25.2 Å². The standard InChI is InChI=1S/C14H20FN/c1-3-16-13-7-8-14(2,10-13)11-5-4-6-12(15)9-11/h4-6,9,13,16H,3,7-8,10H2,1-2H3. The number of nitrogens with one attached hydrogen (secondary N) is 1.